The molecule has 28 heavy (non-hydrogen) atoms. The molecule has 7 nitrogen and oxygen atoms in total. The van der Waals surface area contributed by atoms with E-state index in [4.69, 9.17) is 18.7 Å². The molecule has 1 aromatic heterocycles. The molecule has 144 valence electrons. The van der Waals surface area contributed by atoms with Crippen molar-refractivity contribution in [2.24, 2.45) is 0 Å². The molecule has 0 unspecified atom stereocenters. The monoisotopic (exact) mass is 380 g/mol. The molecule has 2 heterocycles. The van der Waals surface area contributed by atoms with Crippen molar-refractivity contribution in [2.75, 3.05) is 13.2 Å². The lowest BCUT2D eigenvalue weighted by atomic mass is 10.1. The summed E-state index contributed by atoms with van der Waals surface area (Å²) in [5.41, 5.74) is 2.88. The van der Waals surface area contributed by atoms with Gasteiger partial charge in [0.15, 0.2) is 18.1 Å². The Bertz CT molecular complexity index is 965. The molecule has 3 aromatic rings. The predicted molar refractivity (Wildman–Crippen MR) is 100 cm³/mol. The maximum absolute atomic E-state index is 12.1. The average Bonchev–Trinajstić information content (AvgIpc) is 3.21. The number of aryl methyl sites for hydroxylation is 1. The second kappa shape index (κ2) is 8.12. The molecule has 4 rings (SSSR count). The summed E-state index contributed by atoms with van der Waals surface area (Å²) >= 11 is 0. The van der Waals surface area contributed by atoms with Gasteiger partial charge in [-0.2, -0.15) is 4.98 Å². The predicted octanol–water partition coefficient (Wildman–Crippen LogP) is 3.36. The van der Waals surface area contributed by atoms with Gasteiger partial charge >= 0.3 is 5.97 Å². The minimum atomic E-state index is -0.385. The fourth-order valence-corrected chi connectivity index (χ4v) is 2.88. The summed E-state index contributed by atoms with van der Waals surface area (Å²) in [6, 6.07) is 13.4. The molecule has 0 saturated heterocycles. The smallest absolute Gasteiger partial charge is 0.310 e. The summed E-state index contributed by atoms with van der Waals surface area (Å²) < 4.78 is 21.4. The maximum atomic E-state index is 12.1. The largest absolute Gasteiger partial charge is 0.486 e. The van der Waals surface area contributed by atoms with Gasteiger partial charge in [0.2, 0.25) is 5.82 Å². The van der Waals surface area contributed by atoms with Crippen LogP contribution in [-0.2, 0) is 29.0 Å². The van der Waals surface area contributed by atoms with Crippen molar-refractivity contribution < 1.29 is 23.5 Å². The molecule has 2 aromatic carbocycles. The second-order valence-electron chi connectivity index (χ2n) is 6.38. The van der Waals surface area contributed by atoms with Crippen LogP contribution in [0.1, 0.15) is 23.9 Å². The molecule has 7 heteroatoms. The zero-order valence-electron chi connectivity index (χ0n) is 15.5. The number of esters is 1. The first-order chi connectivity index (χ1) is 13.7. The van der Waals surface area contributed by atoms with E-state index < -0.39 is 0 Å². The number of ether oxygens (including phenoxy) is 3. The third-order valence-electron chi connectivity index (χ3n) is 4.40. The molecule has 0 fully saturated rings. The molecule has 0 saturated carbocycles. The summed E-state index contributed by atoms with van der Waals surface area (Å²) in [6.45, 7) is 3.06. The first-order valence-electron chi connectivity index (χ1n) is 9.17. The lowest BCUT2D eigenvalue weighted by molar-refractivity contribution is -0.144. The second-order valence-corrected chi connectivity index (χ2v) is 6.38. The topological polar surface area (TPSA) is 83.7 Å². The van der Waals surface area contributed by atoms with Crippen LogP contribution in [0.15, 0.2) is 47.0 Å². The van der Waals surface area contributed by atoms with Crippen LogP contribution in [0.25, 0.3) is 11.4 Å². The van der Waals surface area contributed by atoms with Gasteiger partial charge < -0.3 is 18.7 Å². The molecular weight excluding hydrogens is 360 g/mol. The Kier molecular flexibility index (Phi) is 5.23. The van der Waals surface area contributed by atoms with Crippen LogP contribution < -0.4 is 9.47 Å². The number of aromatic nitrogens is 2. The Labute approximate surface area is 162 Å². The van der Waals surface area contributed by atoms with Gasteiger partial charge in [-0.25, -0.2) is 0 Å². The van der Waals surface area contributed by atoms with E-state index >= 15 is 0 Å². The zero-order valence-corrected chi connectivity index (χ0v) is 15.5. The quantitative estimate of drug-likeness (QED) is 0.606. The number of carbonyl (C=O) groups excluding carboxylic acids is 1. The fourth-order valence-electron chi connectivity index (χ4n) is 2.88. The lowest BCUT2D eigenvalue weighted by Crippen LogP contribution is -2.16. The van der Waals surface area contributed by atoms with E-state index in [0.717, 1.165) is 17.5 Å². The molecule has 0 spiro atoms. The number of carbonyl (C=O) groups is 1. The summed E-state index contributed by atoms with van der Waals surface area (Å²) in [5, 5.41) is 3.94. The molecule has 0 N–H and O–H groups in total. The van der Waals surface area contributed by atoms with E-state index in [1.165, 1.54) is 5.56 Å². The van der Waals surface area contributed by atoms with E-state index in [1.54, 1.807) is 12.1 Å². The molecule has 1 aliphatic rings. The van der Waals surface area contributed by atoms with Crippen molar-refractivity contribution in [3.05, 3.63) is 59.5 Å². The van der Waals surface area contributed by atoms with Crippen molar-refractivity contribution in [1.82, 2.24) is 10.1 Å². The van der Waals surface area contributed by atoms with Crippen LogP contribution in [0.2, 0.25) is 0 Å². The molecule has 0 aliphatic carbocycles. The molecular formula is C21H20N2O5. The highest BCUT2D eigenvalue weighted by Gasteiger charge is 2.15. The first-order valence-corrected chi connectivity index (χ1v) is 9.17. The van der Waals surface area contributed by atoms with Crippen molar-refractivity contribution in [1.29, 1.82) is 0 Å². The van der Waals surface area contributed by atoms with Gasteiger partial charge in [0.05, 0.1) is 6.42 Å². The van der Waals surface area contributed by atoms with Crippen LogP contribution in [-0.4, -0.2) is 29.3 Å². The van der Waals surface area contributed by atoms with Crippen LogP contribution in [0.5, 0.6) is 11.5 Å². The van der Waals surface area contributed by atoms with E-state index in [9.17, 15) is 4.79 Å². The zero-order chi connectivity index (χ0) is 19.3. The maximum Gasteiger partial charge on any atom is 0.310 e. The SMILES string of the molecule is CCc1ccc(-c2noc(COC(=O)Cc3ccc4c(c3)OCCO4)n2)cc1. The van der Waals surface area contributed by atoms with Crippen LogP contribution in [0, 0.1) is 0 Å². The Morgan fingerprint density at radius 2 is 1.79 bits per heavy atom. The van der Waals surface area contributed by atoms with Crippen LogP contribution >= 0.6 is 0 Å². The lowest BCUT2D eigenvalue weighted by Gasteiger charge is -2.18. The summed E-state index contributed by atoms with van der Waals surface area (Å²) in [4.78, 5) is 16.4. The minimum absolute atomic E-state index is 0.0660. The molecule has 1 aliphatic heterocycles. The average molecular weight is 380 g/mol. The summed E-state index contributed by atoms with van der Waals surface area (Å²) in [6.07, 6.45) is 1.09. The van der Waals surface area contributed by atoms with Gasteiger partial charge in [0.25, 0.3) is 5.89 Å². The summed E-state index contributed by atoms with van der Waals surface area (Å²) in [7, 11) is 0. The van der Waals surface area contributed by atoms with Crippen molar-refractivity contribution in [3.63, 3.8) is 0 Å². The van der Waals surface area contributed by atoms with Gasteiger partial charge in [-0.1, -0.05) is 42.4 Å². The van der Waals surface area contributed by atoms with Crippen molar-refractivity contribution >= 4 is 5.97 Å². The van der Waals surface area contributed by atoms with Crippen molar-refractivity contribution in [3.8, 4) is 22.9 Å². The summed E-state index contributed by atoms with van der Waals surface area (Å²) in [5.74, 6) is 1.68. The minimum Gasteiger partial charge on any atom is -0.486 e. The van der Waals surface area contributed by atoms with Gasteiger partial charge in [-0.05, 0) is 29.7 Å². The van der Waals surface area contributed by atoms with Gasteiger partial charge in [-0.15, -0.1) is 0 Å². The van der Waals surface area contributed by atoms with E-state index in [2.05, 4.69) is 17.1 Å². The Morgan fingerprint density at radius 1 is 1.04 bits per heavy atom. The number of hydrogen-bond donors (Lipinski definition) is 0. The Hall–Kier alpha value is -3.35. The normalized spacial score (nSPS) is 12.6. The molecule has 0 bridgehead atoms. The van der Waals surface area contributed by atoms with E-state index in [-0.39, 0.29) is 24.9 Å². The standard InChI is InChI=1S/C21H20N2O5/c1-2-14-3-6-16(7-4-14)21-22-19(28-23-21)13-27-20(24)12-15-5-8-17-18(11-15)26-10-9-25-17/h3-8,11H,2,9-10,12-13H2,1H3. The highest BCUT2D eigenvalue weighted by molar-refractivity contribution is 5.73. The number of fused-ring (bicyclic) bond motifs is 1. The first kappa shape index (κ1) is 18.0. The van der Waals surface area contributed by atoms with Gasteiger partial charge in [0, 0.05) is 5.56 Å². The van der Waals surface area contributed by atoms with Crippen molar-refractivity contribution in [2.45, 2.75) is 26.4 Å². The molecule has 0 radical (unpaired) electrons. The highest BCUT2D eigenvalue weighted by Crippen LogP contribution is 2.30. The van der Waals surface area contributed by atoms with E-state index in [0.29, 0.717) is 30.5 Å². The third-order valence-corrected chi connectivity index (χ3v) is 4.40. The Morgan fingerprint density at radius 3 is 2.57 bits per heavy atom. The highest BCUT2D eigenvalue weighted by atomic mass is 16.6. The third kappa shape index (κ3) is 4.14. The van der Waals surface area contributed by atoms with E-state index in [1.807, 2.05) is 30.3 Å². The number of benzene rings is 2. The van der Waals surface area contributed by atoms with Gasteiger partial charge in [0.1, 0.15) is 13.2 Å². The van der Waals surface area contributed by atoms with Crippen LogP contribution in [0.4, 0.5) is 0 Å². The number of nitrogens with zero attached hydrogens (tertiary/aromatic N) is 2. The van der Waals surface area contributed by atoms with Crippen LogP contribution in [0.3, 0.4) is 0 Å². The Balaban J connectivity index is 1.33. The van der Waals surface area contributed by atoms with Gasteiger partial charge in [-0.3, -0.25) is 4.79 Å². The molecule has 0 amide bonds. The number of hydrogen-bond acceptors (Lipinski definition) is 7. The fraction of sp³-hybridized carbons (Fsp3) is 0.286. The number of rotatable bonds is 6. The molecule has 0 atom stereocenters.